The maximum Gasteiger partial charge on any atom is 0.302 e. The van der Waals surface area contributed by atoms with Crippen LogP contribution in [0.5, 0.6) is 11.9 Å². The SMILES string of the molecule is CCCCn1c(OCC)nc(O)cc1=O. The van der Waals surface area contributed by atoms with Crippen LogP contribution < -0.4 is 10.3 Å². The molecule has 15 heavy (non-hydrogen) atoms. The van der Waals surface area contributed by atoms with Gasteiger partial charge in [-0.25, -0.2) is 0 Å². The number of nitrogens with zero attached hydrogens (tertiary/aromatic N) is 2. The Morgan fingerprint density at radius 3 is 2.87 bits per heavy atom. The zero-order valence-electron chi connectivity index (χ0n) is 9.06. The van der Waals surface area contributed by atoms with Gasteiger partial charge in [-0.15, -0.1) is 0 Å². The van der Waals surface area contributed by atoms with E-state index in [9.17, 15) is 4.79 Å². The van der Waals surface area contributed by atoms with E-state index in [-0.39, 0.29) is 17.4 Å². The van der Waals surface area contributed by atoms with E-state index in [0.717, 1.165) is 18.9 Å². The van der Waals surface area contributed by atoms with Gasteiger partial charge in [0.05, 0.1) is 12.7 Å². The molecule has 0 atom stereocenters. The van der Waals surface area contributed by atoms with Gasteiger partial charge in [-0.05, 0) is 13.3 Å². The molecule has 5 nitrogen and oxygen atoms in total. The Morgan fingerprint density at radius 2 is 2.27 bits per heavy atom. The smallest absolute Gasteiger partial charge is 0.302 e. The number of aromatic hydroxyl groups is 1. The first-order valence-electron chi connectivity index (χ1n) is 5.12. The molecule has 0 saturated carbocycles. The monoisotopic (exact) mass is 212 g/mol. The molecule has 0 bridgehead atoms. The van der Waals surface area contributed by atoms with E-state index < -0.39 is 0 Å². The second kappa shape index (κ2) is 5.38. The summed E-state index contributed by atoms with van der Waals surface area (Å²) in [7, 11) is 0. The Morgan fingerprint density at radius 1 is 1.53 bits per heavy atom. The topological polar surface area (TPSA) is 64.3 Å². The summed E-state index contributed by atoms with van der Waals surface area (Å²) < 4.78 is 6.62. The van der Waals surface area contributed by atoms with Crippen molar-refractivity contribution in [2.75, 3.05) is 6.61 Å². The third kappa shape index (κ3) is 2.97. The Bertz CT molecular complexity index is 373. The number of hydrogen-bond acceptors (Lipinski definition) is 4. The van der Waals surface area contributed by atoms with Gasteiger partial charge in [0.1, 0.15) is 0 Å². The highest BCUT2D eigenvalue weighted by molar-refractivity contribution is 5.11. The lowest BCUT2D eigenvalue weighted by atomic mass is 10.3. The average Bonchev–Trinajstić information content (AvgIpc) is 2.17. The summed E-state index contributed by atoms with van der Waals surface area (Å²) in [4.78, 5) is 15.3. The first-order chi connectivity index (χ1) is 7.19. The minimum atomic E-state index is -0.295. The Balaban J connectivity index is 3.03. The maximum atomic E-state index is 11.5. The van der Waals surface area contributed by atoms with Gasteiger partial charge < -0.3 is 9.84 Å². The van der Waals surface area contributed by atoms with Crippen LogP contribution in [0.3, 0.4) is 0 Å². The lowest BCUT2D eigenvalue weighted by Gasteiger charge is -2.10. The van der Waals surface area contributed by atoms with Crippen LogP contribution in [0, 0.1) is 0 Å². The van der Waals surface area contributed by atoms with Gasteiger partial charge in [-0.3, -0.25) is 9.36 Å². The van der Waals surface area contributed by atoms with E-state index in [0.29, 0.717) is 13.2 Å². The van der Waals surface area contributed by atoms with Gasteiger partial charge in [-0.2, -0.15) is 4.98 Å². The molecule has 1 N–H and O–H groups in total. The van der Waals surface area contributed by atoms with E-state index in [4.69, 9.17) is 9.84 Å². The van der Waals surface area contributed by atoms with Gasteiger partial charge in [0, 0.05) is 6.54 Å². The zero-order chi connectivity index (χ0) is 11.3. The molecule has 1 aromatic rings. The summed E-state index contributed by atoms with van der Waals surface area (Å²) in [6.45, 7) is 4.83. The van der Waals surface area contributed by atoms with Crippen molar-refractivity contribution in [1.82, 2.24) is 9.55 Å². The molecule has 0 amide bonds. The molecule has 0 aliphatic rings. The molecule has 84 valence electrons. The van der Waals surface area contributed by atoms with Crippen LogP contribution in [0.25, 0.3) is 0 Å². The summed E-state index contributed by atoms with van der Waals surface area (Å²) in [5.41, 5.74) is -0.278. The molecular formula is C10H16N2O3. The van der Waals surface area contributed by atoms with E-state index in [1.165, 1.54) is 4.57 Å². The van der Waals surface area contributed by atoms with Crippen molar-refractivity contribution >= 4 is 0 Å². The van der Waals surface area contributed by atoms with E-state index in [2.05, 4.69) is 4.98 Å². The van der Waals surface area contributed by atoms with Gasteiger partial charge in [0.25, 0.3) is 5.56 Å². The predicted octanol–water partition coefficient (Wildman–Crippen LogP) is 1.15. The lowest BCUT2D eigenvalue weighted by molar-refractivity contribution is 0.279. The van der Waals surface area contributed by atoms with Gasteiger partial charge in [0.15, 0.2) is 0 Å². The van der Waals surface area contributed by atoms with Crippen LogP contribution in [0.1, 0.15) is 26.7 Å². The number of ether oxygens (including phenoxy) is 1. The maximum absolute atomic E-state index is 11.5. The average molecular weight is 212 g/mol. The molecule has 1 aromatic heterocycles. The third-order valence-electron chi connectivity index (χ3n) is 1.97. The molecule has 1 heterocycles. The van der Waals surface area contributed by atoms with Gasteiger partial charge in [0.2, 0.25) is 5.88 Å². The predicted molar refractivity (Wildman–Crippen MR) is 56.2 cm³/mol. The fourth-order valence-corrected chi connectivity index (χ4v) is 1.23. The number of aromatic nitrogens is 2. The van der Waals surface area contributed by atoms with Crippen molar-refractivity contribution in [3.05, 3.63) is 16.4 Å². The molecular weight excluding hydrogens is 196 g/mol. The van der Waals surface area contributed by atoms with Crippen molar-refractivity contribution in [2.45, 2.75) is 33.2 Å². The molecule has 0 saturated heterocycles. The minimum absolute atomic E-state index is 0.191. The van der Waals surface area contributed by atoms with Crippen LogP contribution in [0.4, 0.5) is 0 Å². The number of unbranched alkanes of at least 4 members (excludes halogenated alkanes) is 1. The van der Waals surface area contributed by atoms with Crippen LogP contribution in [-0.2, 0) is 6.54 Å². The molecule has 5 heteroatoms. The summed E-state index contributed by atoms with van der Waals surface area (Å²) in [5.74, 6) is -0.295. The quantitative estimate of drug-likeness (QED) is 0.795. The second-order valence-corrected chi connectivity index (χ2v) is 3.17. The molecule has 0 spiro atoms. The fourth-order valence-electron chi connectivity index (χ4n) is 1.23. The molecule has 0 aliphatic heterocycles. The summed E-state index contributed by atoms with van der Waals surface area (Å²) in [6.07, 6.45) is 1.87. The fraction of sp³-hybridized carbons (Fsp3) is 0.600. The number of hydrogen-bond donors (Lipinski definition) is 1. The highest BCUT2D eigenvalue weighted by Gasteiger charge is 2.08. The molecule has 0 aromatic carbocycles. The summed E-state index contributed by atoms with van der Waals surface area (Å²) >= 11 is 0. The Kier molecular flexibility index (Phi) is 4.15. The lowest BCUT2D eigenvalue weighted by Crippen LogP contribution is -2.22. The highest BCUT2D eigenvalue weighted by atomic mass is 16.5. The Labute approximate surface area is 88.3 Å². The second-order valence-electron chi connectivity index (χ2n) is 3.17. The van der Waals surface area contributed by atoms with Crippen LogP contribution in [-0.4, -0.2) is 21.3 Å². The molecule has 0 fully saturated rings. The normalized spacial score (nSPS) is 10.3. The van der Waals surface area contributed by atoms with Crippen molar-refractivity contribution < 1.29 is 9.84 Å². The first kappa shape index (κ1) is 11.6. The molecule has 1 rings (SSSR count). The highest BCUT2D eigenvalue weighted by Crippen LogP contribution is 2.10. The zero-order valence-corrected chi connectivity index (χ0v) is 9.06. The minimum Gasteiger partial charge on any atom is -0.493 e. The summed E-state index contributed by atoms with van der Waals surface area (Å²) in [5, 5.41) is 9.17. The standard InChI is InChI=1S/C10H16N2O3/c1-3-5-6-12-9(14)7-8(13)11-10(12)15-4-2/h7,13H,3-6H2,1-2H3. The van der Waals surface area contributed by atoms with Crippen molar-refractivity contribution in [3.63, 3.8) is 0 Å². The van der Waals surface area contributed by atoms with Crippen LogP contribution >= 0.6 is 0 Å². The van der Waals surface area contributed by atoms with Crippen molar-refractivity contribution in [2.24, 2.45) is 0 Å². The van der Waals surface area contributed by atoms with Crippen molar-refractivity contribution in [3.8, 4) is 11.9 Å². The van der Waals surface area contributed by atoms with E-state index in [1.54, 1.807) is 6.92 Å². The molecule has 0 aliphatic carbocycles. The molecule has 0 unspecified atom stereocenters. The number of rotatable bonds is 5. The van der Waals surface area contributed by atoms with E-state index >= 15 is 0 Å². The van der Waals surface area contributed by atoms with E-state index in [1.807, 2.05) is 6.92 Å². The van der Waals surface area contributed by atoms with Gasteiger partial charge in [-0.1, -0.05) is 13.3 Å². The van der Waals surface area contributed by atoms with Gasteiger partial charge >= 0.3 is 6.01 Å². The largest absolute Gasteiger partial charge is 0.493 e. The summed E-state index contributed by atoms with van der Waals surface area (Å²) in [6, 6.07) is 1.29. The Hall–Kier alpha value is -1.52. The van der Waals surface area contributed by atoms with Crippen LogP contribution in [0.15, 0.2) is 10.9 Å². The molecule has 0 radical (unpaired) electrons. The third-order valence-corrected chi connectivity index (χ3v) is 1.97. The first-order valence-corrected chi connectivity index (χ1v) is 5.12. The van der Waals surface area contributed by atoms with Crippen molar-refractivity contribution in [1.29, 1.82) is 0 Å². The van der Waals surface area contributed by atoms with Crippen LogP contribution in [0.2, 0.25) is 0 Å².